The maximum absolute atomic E-state index is 12.2. The minimum absolute atomic E-state index is 0.310. The molecule has 0 amide bonds. The molecule has 8 nitrogen and oxygen atoms in total. The van der Waals surface area contributed by atoms with E-state index in [2.05, 4.69) is 20.6 Å². The lowest BCUT2D eigenvalue weighted by Gasteiger charge is -2.19. The van der Waals surface area contributed by atoms with Crippen molar-refractivity contribution in [3.05, 3.63) is 60.4 Å². The molecule has 4 rings (SSSR count). The molecule has 3 aromatic rings. The van der Waals surface area contributed by atoms with Crippen LogP contribution in [0.25, 0.3) is 0 Å². The molecule has 0 saturated heterocycles. The van der Waals surface area contributed by atoms with E-state index in [0.29, 0.717) is 48.5 Å². The molecule has 2 heterocycles. The first-order valence-electron chi connectivity index (χ1n) is 9.25. The van der Waals surface area contributed by atoms with Gasteiger partial charge in [-0.2, -0.15) is 0 Å². The molecule has 1 aliphatic heterocycles. The van der Waals surface area contributed by atoms with Crippen LogP contribution in [0.5, 0.6) is 11.5 Å². The number of rotatable bonds is 6. The number of ether oxygens (including phenoxy) is 3. The highest BCUT2D eigenvalue weighted by molar-refractivity contribution is 5.96. The predicted octanol–water partition coefficient (Wildman–Crippen LogP) is 3.91. The van der Waals surface area contributed by atoms with Crippen LogP contribution >= 0.6 is 0 Å². The van der Waals surface area contributed by atoms with Crippen molar-refractivity contribution in [1.29, 1.82) is 0 Å². The second-order valence-electron chi connectivity index (χ2n) is 6.16. The van der Waals surface area contributed by atoms with Gasteiger partial charge >= 0.3 is 5.97 Å². The monoisotopic (exact) mass is 392 g/mol. The maximum atomic E-state index is 12.2. The Morgan fingerprint density at radius 2 is 1.76 bits per heavy atom. The zero-order valence-electron chi connectivity index (χ0n) is 15.8. The predicted molar refractivity (Wildman–Crippen MR) is 108 cm³/mol. The van der Waals surface area contributed by atoms with E-state index in [9.17, 15) is 4.79 Å². The fourth-order valence-electron chi connectivity index (χ4n) is 2.88. The summed E-state index contributed by atoms with van der Waals surface area (Å²) in [7, 11) is 0. The molecule has 0 bridgehead atoms. The fraction of sp³-hybridized carbons (Fsp3) is 0.190. The summed E-state index contributed by atoms with van der Waals surface area (Å²) in [5, 5.41) is 6.37. The molecule has 0 saturated carbocycles. The molecular formula is C21H20N4O4. The summed E-state index contributed by atoms with van der Waals surface area (Å²) in [4.78, 5) is 20.6. The standard InChI is InChI=1S/C21H20N4O4/c1-2-27-21(26)15-5-3-4-6-16(15)25-20-12-19(22-13-23-20)24-14-7-8-17-18(11-14)29-10-9-28-17/h3-8,11-13H,2,9-10H2,1H3,(H2,22,23,24,25). The third-order valence-electron chi connectivity index (χ3n) is 4.17. The molecular weight excluding hydrogens is 372 g/mol. The number of nitrogens with zero attached hydrogens (tertiary/aromatic N) is 2. The highest BCUT2D eigenvalue weighted by Crippen LogP contribution is 2.33. The molecule has 148 valence electrons. The highest BCUT2D eigenvalue weighted by Gasteiger charge is 2.14. The minimum atomic E-state index is -0.390. The quantitative estimate of drug-likeness (QED) is 0.610. The van der Waals surface area contributed by atoms with Crippen LogP contribution in [0, 0.1) is 0 Å². The molecule has 2 aromatic carbocycles. The van der Waals surface area contributed by atoms with Gasteiger partial charge < -0.3 is 24.8 Å². The smallest absolute Gasteiger partial charge is 0.340 e. The summed E-state index contributed by atoms with van der Waals surface area (Å²) < 4.78 is 16.3. The first kappa shape index (κ1) is 18.5. The summed E-state index contributed by atoms with van der Waals surface area (Å²) in [6.07, 6.45) is 1.44. The van der Waals surface area contributed by atoms with E-state index in [4.69, 9.17) is 14.2 Å². The van der Waals surface area contributed by atoms with Gasteiger partial charge in [0.15, 0.2) is 11.5 Å². The molecule has 0 unspecified atom stereocenters. The number of hydrogen-bond acceptors (Lipinski definition) is 8. The summed E-state index contributed by atoms with van der Waals surface area (Å²) in [5.74, 6) is 2.16. The second kappa shape index (κ2) is 8.47. The Kier molecular flexibility index (Phi) is 5.42. The molecule has 8 heteroatoms. The number of para-hydroxylation sites is 1. The Labute approximate surface area is 167 Å². The van der Waals surface area contributed by atoms with Crippen LogP contribution < -0.4 is 20.1 Å². The van der Waals surface area contributed by atoms with E-state index in [1.54, 1.807) is 31.2 Å². The largest absolute Gasteiger partial charge is 0.486 e. The summed E-state index contributed by atoms with van der Waals surface area (Å²) >= 11 is 0. The van der Waals surface area contributed by atoms with Gasteiger partial charge in [0.2, 0.25) is 0 Å². The Balaban J connectivity index is 1.52. The van der Waals surface area contributed by atoms with E-state index in [0.717, 1.165) is 11.4 Å². The topological polar surface area (TPSA) is 94.6 Å². The van der Waals surface area contributed by atoms with E-state index < -0.39 is 0 Å². The maximum Gasteiger partial charge on any atom is 0.340 e. The van der Waals surface area contributed by atoms with E-state index in [-0.39, 0.29) is 5.97 Å². The molecule has 0 fully saturated rings. The zero-order chi connectivity index (χ0) is 20.1. The third-order valence-corrected chi connectivity index (χ3v) is 4.17. The fourth-order valence-corrected chi connectivity index (χ4v) is 2.88. The molecule has 0 radical (unpaired) electrons. The average Bonchev–Trinajstić information content (AvgIpc) is 2.74. The van der Waals surface area contributed by atoms with Crippen LogP contribution in [0.15, 0.2) is 54.9 Å². The van der Waals surface area contributed by atoms with Crippen LogP contribution in [0.4, 0.5) is 23.0 Å². The number of hydrogen-bond donors (Lipinski definition) is 2. The molecule has 29 heavy (non-hydrogen) atoms. The summed E-state index contributed by atoms with van der Waals surface area (Å²) in [6, 6.07) is 14.5. The number of esters is 1. The normalized spacial score (nSPS) is 12.2. The van der Waals surface area contributed by atoms with Crippen molar-refractivity contribution in [3.8, 4) is 11.5 Å². The Morgan fingerprint density at radius 1 is 1.00 bits per heavy atom. The lowest BCUT2D eigenvalue weighted by Crippen LogP contribution is -2.15. The van der Waals surface area contributed by atoms with Crippen molar-refractivity contribution in [2.45, 2.75) is 6.92 Å². The molecule has 1 aliphatic rings. The number of nitrogens with one attached hydrogen (secondary N) is 2. The van der Waals surface area contributed by atoms with E-state index in [1.165, 1.54) is 6.33 Å². The van der Waals surface area contributed by atoms with E-state index >= 15 is 0 Å². The zero-order valence-corrected chi connectivity index (χ0v) is 15.8. The van der Waals surface area contributed by atoms with E-state index in [1.807, 2.05) is 24.3 Å². The SMILES string of the molecule is CCOC(=O)c1ccccc1Nc1cc(Nc2ccc3c(c2)OCCO3)ncn1. The number of benzene rings is 2. The molecule has 0 aliphatic carbocycles. The van der Waals surface area contributed by atoms with Gasteiger partial charge in [-0.15, -0.1) is 0 Å². The van der Waals surface area contributed by atoms with Crippen LogP contribution in [0.1, 0.15) is 17.3 Å². The van der Waals surface area contributed by atoms with Crippen molar-refractivity contribution in [2.24, 2.45) is 0 Å². The van der Waals surface area contributed by atoms with Gasteiger partial charge in [-0.1, -0.05) is 12.1 Å². The Morgan fingerprint density at radius 3 is 2.59 bits per heavy atom. The first-order valence-corrected chi connectivity index (χ1v) is 9.25. The highest BCUT2D eigenvalue weighted by atomic mass is 16.6. The van der Waals surface area contributed by atoms with Crippen molar-refractivity contribution in [2.75, 3.05) is 30.5 Å². The second-order valence-corrected chi connectivity index (χ2v) is 6.16. The Hall–Kier alpha value is -3.81. The van der Waals surface area contributed by atoms with Gasteiger partial charge in [0.1, 0.15) is 31.2 Å². The summed E-state index contributed by atoms with van der Waals surface area (Å²) in [6.45, 7) is 3.16. The van der Waals surface area contributed by atoms with Crippen molar-refractivity contribution in [3.63, 3.8) is 0 Å². The average molecular weight is 392 g/mol. The first-order chi connectivity index (χ1) is 14.2. The minimum Gasteiger partial charge on any atom is -0.486 e. The number of carbonyl (C=O) groups is 1. The Bertz CT molecular complexity index is 1030. The van der Waals surface area contributed by atoms with Crippen LogP contribution in [0.2, 0.25) is 0 Å². The molecule has 0 atom stereocenters. The van der Waals surface area contributed by atoms with Gasteiger partial charge in [-0.05, 0) is 31.2 Å². The molecule has 1 aromatic heterocycles. The van der Waals surface area contributed by atoms with Gasteiger partial charge in [0, 0.05) is 17.8 Å². The number of anilines is 4. The van der Waals surface area contributed by atoms with Crippen molar-refractivity contribution in [1.82, 2.24) is 9.97 Å². The van der Waals surface area contributed by atoms with Gasteiger partial charge in [-0.3, -0.25) is 0 Å². The lowest BCUT2D eigenvalue weighted by atomic mass is 10.2. The third kappa shape index (κ3) is 4.37. The molecule has 2 N–H and O–H groups in total. The lowest BCUT2D eigenvalue weighted by molar-refractivity contribution is 0.0527. The van der Waals surface area contributed by atoms with Crippen LogP contribution in [-0.4, -0.2) is 35.8 Å². The van der Waals surface area contributed by atoms with Gasteiger partial charge in [0.25, 0.3) is 0 Å². The van der Waals surface area contributed by atoms with Crippen molar-refractivity contribution >= 4 is 29.0 Å². The number of aromatic nitrogens is 2. The molecule has 0 spiro atoms. The van der Waals surface area contributed by atoms with Crippen molar-refractivity contribution < 1.29 is 19.0 Å². The van der Waals surface area contributed by atoms with Gasteiger partial charge in [-0.25, -0.2) is 14.8 Å². The number of carbonyl (C=O) groups excluding carboxylic acids is 1. The number of fused-ring (bicyclic) bond motifs is 1. The van der Waals surface area contributed by atoms with Crippen LogP contribution in [0.3, 0.4) is 0 Å². The summed E-state index contributed by atoms with van der Waals surface area (Å²) in [5.41, 5.74) is 1.86. The van der Waals surface area contributed by atoms with Gasteiger partial charge in [0.05, 0.1) is 17.9 Å². The van der Waals surface area contributed by atoms with Crippen LogP contribution in [-0.2, 0) is 4.74 Å².